The van der Waals surface area contributed by atoms with Gasteiger partial charge < -0.3 is 14.8 Å². The fourth-order valence-electron chi connectivity index (χ4n) is 5.68. The van der Waals surface area contributed by atoms with Crippen molar-refractivity contribution in [1.82, 2.24) is 19.9 Å². The first-order valence-electron chi connectivity index (χ1n) is 10.4. The number of H-pyrrole nitrogens is 1. The molecule has 2 aliphatic rings. The average molecular weight is 377 g/mol. The fraction of sp³-hybridized carbons (Fsp3) is 0.500. The summed E-state index contributed by atoms with van der Waals surface area (Å²) in [6.07, 6.45) is 13.8. The van der Waals surface area contributed by atoms with E-state index in [-0.39, 0.29) is 5.54 Å². The summed E-state index contributed by atoms with van der Waals surface area (Å²) in [7, 11) is 1.98. The van der Waals surface area contributed by atoms with Gasteiger partial charge in [0.05, 0.1) is 11.7 Å². The van der Waals surface area contributed by atoms with Crippen molar-refractivity contribution in [2.45, 2.75) is 44.1 Å². The Morgan fingerprint density at radius 3 is 2.93 bits per heavy atom. The van der Waals surface area contributed by atoms with Crippen LogP contribution in [0.3, 0.4) is 0 Å². The molecule has 1 N–H and O–H groups in total. The molecule has 6 heteroatoms. The first kappa shape index (κ1) is 17.5. The molecule has 146 valence electrons. The van der Waals surface area contributed by atoms with E-state index in [9.17, 15) is 4.79 Å². The molecule has 3 aromatic rings. The van der Waals surface area contributed by atoms with Crippen LogP contribution in [0.4, 0.5) is 5.69 Å². The molecule has 1 aliphatic heterocycles. The largest absolute Gasteiger partial charge is 0.371 e. The average Bonchev–Trinajstić information content (AvgIpc) is 3.43. The minimum atomic E-state index is 0.0237. The zero-order valence-electron chi connectivity index (χ0n) is 16.4. The number of hydrogen-bond donors (Lipinski definition) is 1. The second kappa shape index (κ2) is 6.76. The van der Waals surface area contributed by atoms with Crippen LogP contribution in [0.2, 0.25) is 0 Å². The van der Waals surface area contributed by atoms with Gasteiger partial charge in [-0.05, 0) is 43.7 Å². The number of carbonyl (C=O) groups is 1. The molecule has 1 aliphatic carbocycles. The van der Waals surface area contributed by atoms with Crippen LogP contribution in [0.5, 0.6) is 0 Å². The Balaban J connectivity index is 1.55. The van der Waals surface area contributed by atoms with Crippen molar-refractivity contribution in [3.63, 3.8) is 0 Å². The number of hydrogen-bond acceptors (Lipinski definition) is 4. The van der Waals surface area contributed by atoms with Crippen molar-refractivity contribution in [1.29, 1.82) is 0 Å². The van der Waals surface area contributed by atoms with Crippen molar-refractivity contribution >= 4 is 34.0 Å². The molecule has 1 saturated carbocycles. The van der Waals surface area contributed by atoms with Gasteiger partial charge in [0.1, 0.15) is 0 Å². The topological polar surface area (TPSA) is 65.1 Å². The van der Waals surface area contributed by atoms with Crippen LogP contribution in [-0.4, -0.2) is 51.9 Å². The number of piperidine rings is 1. The van der Waals surface area contributed by atoms with Crippen LogP contribution in [0.25, 0.3) is 21.9 Å². The van der Waals surface area contributed by atoms with Gasteiger partial charge in [0, 0.05) is 54.5 Å². The highest BCUT2D eigenvalue weighted by Gasteiger charge is 2.45. The summed E-state index contributed by atoms with van der Waals surface area (Å²) in [5.41, 5.74) is 3.12. The van der Waals surface area contributed by atoms with Crippen molar-refractivity contribution in [3.8, 4) is 0 Å². The highest BCUT2D eigenvalue weighted by atomic mass is 16.1. The summed E-state index contributed by atoms with van der Waals surface area (Å²) in [6.45, 7) is 2.05. The third kappa shape index (κ3) is 2.58. The molecule has 6 nitrogen and oxygen atoms in total. The predicted molar refractivity (Wildman–Crippen MR) is 111 cm³/mol. The van der Waals surface area contributed by atoms with Gasteiger partial charge in [0.15, 0.2) is 5.65 Å². The van der Waals surface area contributed by atoms with E-state index >= 15 is 0 Å². The third-order valence-electron chi connectivity index (χ3n) is 7.12. The molecule has 1 unspecified atom stereocenters. The maximum Gasteiger partial charge on any atom is 0.209 e. The number of fused-ring (bicyclic) bond motifs is 3. The van der Waals surface area contributed by atoms with E-state index in [0.717, 1.165) is 55.3 Å². The lowest BCUT2D eigenvalue weighted by Crippen LogP contribution is -2.55. The monoisotopic (exact) mass is 377 g/mol. The Labute approximate surface area is 164 Å². The molecule has 2 fully saturated rings. The minimum Gasteiger partial charge on any atom is -0.371 e. The molecule has 1 amide bonds. The van der Waals surface area contributed by atoms with E-state index in [4.69, 9.17) is 0 Å². The lowest BCUT2D eigenvalue weighted by molar-refractivity contribution is -0.124. The molecule has 0 aromatic carbocycles. The molecule has 0 radical (unpaired) electrons. The zero-order valence-corrected chi connectivity index (χ0v) is 16.4. The zero-order chi connectivity index (χ0) is 19.1. The molecule has 0 spiro atoms. The lowest BCUT2D eigenvalue weighted by Gasteiger charge is -2.48. The van der Waals surface area contributed by atoms with Crippen LogP contribution in [0.1, 0.15) is 38.5 Å². The number of aromatic amines is 1. The Hall–Kier alpha value is -2.63. The van der Waals surface area contributed by atoms with Crippen LogP contribution in [-0.2, 0) is 4.79 Å². The van der Waals surface area contributed by atoms with Crippen LogP contribution < -0.4 is 4.90 Å². The van der Waals surface area contributed by atoms with Gasteiger partial charge >= 0.3 is 0 Å². The fourth-order valence-corrected chi connectivity index (χ4v) is 5.68. The summed E-state index contributed by atoms with van der Waals surface area (Å²) >= 11 is 0. The summed E-state index contributed by atoms with van der Waals surface area (Å²) < 4.78 is 0. The Bertz CT molecular complexity index is 1010. The standard InChI is InChI=1S/C22H27N5O/c1-26(15-28)22(8-2-3-9-22)16-5-4-12-27(14-16)19-7-11-23-18-13-25-21-17(20(18)19)6-10-24-21/h6-7,10-11,13,15-16,23H,2-5,8-9,12,14H2,1H3. The molecule has 3 aromatic heterocycles. The quantitative estimate of drug-likeness (QED) is 0.704. The van der Waals surface area contributed by atoms with Gasteiger partial charge in [0.2, 0.25) is 6.41 Å². The summed E-state index contributed by atoms with van der Waals surface area (Å²) in [6, 6.07) is 4.24. The van der Waals surface area contributed by atoms with Gasteiger partial charge in [0.25, 0.3) is 0 Å². The van der Waals surface area contributed by atoms with E-state index in [1.54, 1.807) is 0 Å². The number of aromatic nitrogens is 3. The van der Waals surface area contributed by atoms with E-state index < -0.39 is 0 Å². The number of anilines is 1. The molecule has 1 atom stereocenters. The van der Waals surface area contributed by atoms with Crippen LogP contribution in [0, 0.1) is 5.92 Å². The summed E-state index contributed by atoms with van der Waals surface area (Å²) in [5, 5.41) is 2.31. The predicted octanol–water partition coefficient (Wildman–Crippen LogP) is 3.73. The van der Waals surface area contributed by atoms with Crippen molar-refractivity contribution < 1.29 is 4.79 Å². The smallest absolute Gasteiger partial charge is 0.209 e. The Morgan fingerprint density at radius 1 is 1.25 bits per heavy atom. The van der Waals surface area contributed by atoms with E-state index in [1.807, 2.05) is 30.5 Å². The van der Waals surface area contributed by atoms with Gasteiger partial charge in [-0.2, -0.15) is 0 Å². The first-order valence-corrected chi connectivity index (χ1v) is 10.4. The maximum atomic E-state index is 11.7. The summed E-state index contributed by atoms with van der Waals surface area (Å²) in [5.74, 6) is 0.508. The van der Waals surface area contributed by atoms with Gasteiger partial charge in [-0.15, -0.1) is 0 Å². The van der Waals surface area contributed by atoms with Crippen molar-refractivity contribution in [3.05, 3.63) is 30.7 Å². The molecule has 0 bridgehead atoms. The minimum absolute atomic E-state index is 0.0237. The highest BCUT2D eigenvalue weighted by Crippen LogP contribution is 2.44. The maximum absolute atomic E-state index is 11.7. The van der Waals surface area contributed by atoms with Gasteiger partial charge in [-0.1, -0.05) is 12.8 Å². The number of nitrogens with zero attached hydrogens (tertiary/aromatic N) is 4. The second-order valence-corrected chi connectivity index (χ2v) is 8.40. The van der Waals surface area contributed by atoms with E-state index in [1.165, 1.54) is 30.3 Å². The number of rotatable bonds is 4. The molecule has 1 saturated heterocycles. The number of nitrogens with one attached hydrogen (secondary N) is 1. The molecular weight excluding hydrogens is 350 g/mol. The van der Waals surface area contributed by atoms with Crippen LogP contribution >= 0.6 is 0 Å². The third-order valence-corrected chi connectivity index (χ3v) is 7.12. The molecular formula is C22H27N5O. The van der Waals surface area contributed by atoms with E-state index in [0.29, 0.717) is 5.92 Å². The van der Waals surface area contributed by atoms with Gasteiger partial charge in [-0.25, -0.2) is 9.97 Å². The highest BCUT2D eigenvalue weighted by molar-refractivity contribution is 6.09. The van der Waals surface area contributed by atoms with Crippen molar-refractivity contribution in [2.24, 2.45) is 5.92 Å². The molecule has 4 heterocycles. The Morgan fingerprint density at radius 2 is 2.11 bits per heavy atom. The second-order valence-electron chi connectivity index (χ2n) is 8.40. The van der Waals surface area contributed by atoms with Crippen LogP contribution in [0.15, 0.2) is 30.7 Å². The normalized spacial score (nSPS) is 22.0. The number of carbonyl (C=O) groups excluding carboxylic acids is 1. The van der Waals surface area contributed by atoms with Crippen molar-refractivity contribution in [2.75, 3.05) is 25.0 Å². The van der Waals surface area contributed by atoms with E-state index in [2.05, 4.69) is 32.0 Å². The number of pyridine rings is 2. The first-order chi connectivity index (χ1) is 13.7. The summed E-state index contributed by atoms with van der Waals surface area (Å²) in [4.78, 5) is 28.4. The number of amides is 1. The molecule has 28 heavy (non-hydrogen) atoms. The Kier molecular flexibility index (Phi) is 4.22. The lowest BCUT2D eigenvalue weighted by atomic mass is 9.76. The SMILES string of the molecule is CN(C=O)C1(C2CCCN(c3cc[nH]c4cnc5nccc5c34)C2)CCCC1. The molecule has 5 rings (SSSR count). The van der Waals surface area contributed by atoms with Gasteiger partial charge in [-0.3, -0.25) is 4.79 Å².